The smallest absolute Gasteiger partial charge is 0.250 e. The number of hydrogen-bond donors (Lipinski definition) is 2. The second-order valence-corrected chi connectivity index (χ2v) is 5.59. The van der Waals surface area contributed by atoms with Crippen LogP contribution in [-0.4, -0.2) is 48.2 Å². The molecule has 0 spiro atoms. The Bertz CT molecular complexity index is 308. The van der Waals surface area contributed by atoms with Gasteiger partial charge in [-0.05, 0) is 43.3 Å². The fourth-order valence-corrected chi connectivity index (χ4v) is 2.47. The zero-order valence-electron chi connectivity index (χ0n) is 12.3. The van der Waals surface area contributed by atoms with Gasteiger partial charge in [-0.2, -0.15) is 11.8 Å². The maximum atomic E-state index is 11.1. The highest BCUT2D eigenvalue weighted by molar-refractivity contribution is 7.99. The van der Waals surface area contributed by atoms with Gasteiger partial charge in [0.2, 0.25) is 11.8 Å². The highest BCUT2D eigenvalue weighted by Crippen LogP contribution is 2.11. The molecule has 0 saturated carbocycles. The van der Waals surface area contributed by atoms with E-state index >= 15 is 0 Å². The number of carbonyl (C=O) groups excluding carboxylic acids is 2. The molecule has 0 aliphatic carbocycles. The minimum absolute atomic E-state index is 0.149. The molecule has 2 amide bonds. The number of ether oxygens (including phenoxy) is 1. The number of thioether (sulfide) groups is 1. The molecule has 0 aromatic rings. The highest BCUT2D eigenvalue weighted by atomic mass is 32.2. The molecule has 0 fully saturated rings. The minimum Gasteiger partial charge on any atom is -0.396 e. The number of imide groups is 1. The van der Waals surface area contributed by atoms with Crippen LogP contribution in [0.5, 0.6) is 0 Å². The van der Waals surface area contributed by atoms with Crippen molar-refractivity contribution in [1.29, 1.82) is 0 Å². The Hall–Kier alpha value is -0.850. The lowest BCUT2D eigenvalue weighted by Crippen LogP contribution is -2.25. The highest BCUT2D eigenvalue weighted by Gasteiger charge is 2.05. The minimum atomic E-state index is -0.366. The van der Waals surface area contributed by atoms with Crippen LogP contribution in [0.15, 0.2) is 12.2 Å². The summed E-state index contributed by atoms with van der Waals surface area (Å²) in [6, 6.07) is 0. The number of carbonyl (C=O) groups is 2. The van der Waals surface area contributed by atoms with E-state index in [4.69, 9.17) is 9.84 Å². The van der Waals surface area contributed by atoms with E-state index in [1.165, 1.54) is 13.0 Å². The van der Waals surface area contributed by atoms with Gasteiger partial charge in [-0.15, -0.1) is 0 Å². The number of aliphatic hydroxyl groups is 1. The first-order valence-electron chi connectivity index (χ1n) is 6.79. The Labute approximate surface area is 125 Å². The average molecular weight is 303 g/mol. The standard InChI is InChI=1S/C14H25NO4S/c1-12(17)15-14(18)7-3-4-10-20-11-5-6-13(19-2)8-9-16/h3,7,13,16H,4-6,8-11H2,1-2H3,(H,15,17,18)/b7-3-. The summed E-state index contributed by atoms with van der Waals surface area (Å²) < 4.78 is 5.24. The van der Waals surface area contributed by atoms with E-state index in [0.29, 0.717) is 6.42 Å². The molecule has 0 heterocycles. The molecule has 0 aliphatic heterocycles. The zero-order valence-corrected chi connectivity index (χ0v) is 13.1. The summed E-state index contributed by atoms with van der Waals surface area (Å²) in [6.45, 7) is 1.48. The van der Waals surface area contributed by atoms with Crippen molar-refractivity contribution in [2.75, 3.05) is 25.2 Å². The molecule has 0 aliphatic rings. The number of methoxy groups -OCH3 is 1. The van der Waals surface area contributed by atoms with E-state index < -0.39 is 0 Å². The number of amides is 2. The molecule has 1 unspecified atom stereocenters. The van der Waals surface area contributed by atoms with Crippen LogP contribution < -0.4 is 5.32 Å². The number of nitrogens with one attached hydrogen (secondary N) is 1. The second kappa shape index (κ2) is 13.1. The zero-order chi connectivity index (χ0) is 15.2. The lowest BCUT2D eigenvalue weighted by atomic mass is 10.1. The molecule has 0 saturated heterocycles. The van der Waals surface area contributed by atoms with Gasteiger partial charge in [0.25, 0.3) is 0 Å². The van der Waals surface area contributed by atoms with Crippen molar-refractivity contribution in [2.24, 2.45) is 0 Å². The number of rotatable bonds is 11. The van der Waals surface area contributed by atoms with Gasteiger partial charge in [0.15, 0.2) is 0 Å². The molecule has 0 aromatic heterocycles. The molecule has 2 N–H and O–H groups in total. The molecule has 1 atom stereocenters. The van der Waals surface area contributed by atoms with Crippen molar-refractivity contribution in [1.82, 2.24) is 5.32 Å². The molecule has 5 nitrogen and oxygen atoms in total. The Kier molecular flexibility index (Phi) is 12.6. The fourth-order valence-electron chi connectivity index (χ4n) is 1.60. The molecule has 6 heteroatoms. The van der Waals surface area contributed by atoms with Crippen molar-refractivity contribution < 1.29 is 19.4 Å². The summed E-state index contributed by atoms with van der Waals surface area (Å²) in [5.41, 5.74) is 0. The third kappa shape index (κ3) is 12.2. The molecular weight excluding hydrogens is 278 g/mol. The predicted molar refractivity (Wildman–Crippen MR) is 81.6 cm³/mol. The molecule has 20 heavy (non-hydrogen) atoms. The van der Waals surface area contributed by atoms with Gasteiger partial charge >= 0.3 is 0 Å². The van der Waals surface area contributed by atoms with Gasteiger partial charge in [-0.3, -0.25) is 14.9 Å². The summed E-state index contributed by atoms with van der Waals surface area (Å²) >= 11 is 1.82. The number of hydrogen-bond acceptors (Lipinski definition) is 5. The van der Waals surface area contributed by atoms with Crippen molar-refractivity contribution in [3.8, 4) is 0 Å². The molecule has 0 aromatic carbocycles. The van der Waals surface area contributed by atoms with Crippen LogP contribution in [-0.2, 0) is 14.3 Å². The van der Waals surface area contributed by atoms with E-state index in [1.54, 1.807) is 13.2 Å². The number of allylic oxidation sites excluding steroid dienone is 1. The van der Waals surface area contributed by atoms with Crippen LogP contribution in [0, 0.1) is 0 Å². The monoisotopic (exact) mass is 303 g/mol. The summed E-state index contributed by atoms with van der Waals surface area (Å²) in [7, 11) is 1.67. The van der Waals surface area contributed by atoms with E-state index in [1.807, 2.05) is 11.8 Å². The van der Waals surface area contributed by atoms with Crippen molar-refractivity contribution >= 4 is 23.6 Å². The van der Waals surface area contributed by atoms with Gasteiger partial charge in [0.1, 0.15) is 0 Å². The van der Waals surface area contributed by atoms with Gasteiger partial charge in [-0.1, -0.05) is 6.08 Å². The van der Waals surface area contributed by atoms with Crippen LogP contribution in [0.3, 0.4) is 0 Å². The Morgan fingerprint density at radius 1 is 1.35 bits per heavy atom. The molecule has 0 radical (unpaired) electrons. The largest absolute Gasteiger partial charge is 0.396 e. The van der Waals surface area contributed by atoms with Crippen LogP contribution in [0.25, 0.3) is 0 Å². The van der Waals surface area contributed by atoms with Crippen LogP contribution in [0.4, 0.5) is 0 Å². The third-order valence-corrected chi connectivity index (χ3v) is 3.70. The van der Waals surface area contributed by atoms with Crippen molar-refractivity contribution in [2.45, 2.75) is 38.7 Å². The predicted octanol–water partition coefficient (Wildman–Crippen LogP) is 1.51. The fraction of sp³-hybridized carbons (Fsp3) is 0.714. The lowest BCUT2D eigenvalue weighted by molar-refractivity contribution is -0.126. The average Bonchev–Trinajstić information content (AvgIpc) is 2.39. The third-order valence-electron chi connectivity index (χ3n) is 2.60. The maximum Gasteiger partial charge on any atom is 0.250 e. The van der Waals surface area contributed by atoms with E-state index in [-0.39, 0.29) is 24.5 Å². The Morgan fingerprint density at radius 2 is 2.10 bits per heavy atom. The normalized spacial score (nSPS) is 12.6. The van der Waals surface area contributed by atoms with Gasteiger partial charge < -0.3 is 9.84 Å². The molecule has 0 bridgehead atoms. The van der Waals surface area contributed by atoms with Crippen molar-refractivity contribution in [3.05, 3.63) is 12.2 Å². The van der Waals surface area contributed by atoms with Crippen LogP contribution in [0.2, 0.25) is 0 Å². The summed E-state index contributed by atoms with van der Waals surface area (Å²) in [5, 5.41) is 11.0. The Morgan fingerprint density at radius 3 is 2.70 bits per heavy atom. The van der Waals surface area contributed by atoms with Gasteiger partial charge in [0, 0.05) is 20.6 Å². The maximum absolute atomic E-state index is 11.1. The Balaban J connectivity index is 3.46. The summed E-state index contributed by atoms with van der Waals surface area (Å²) in [4.78, 5) is 21.7. The van der Waals surface area contributed by atoms with Crippen LogP contribution >= 0.6 is 11.8 Å². The number of aliphatic hydroxyl groups excluding tert-OH is 1. The van der Waals surface area contributed by atoms with Crippen LogP contribution in [0.1, 0.15) is 32.6 Å². The molecule has 0 rings (SSSR count). The summed E-state index contributed by atoms with van der Waals surface area (Å²) in [6.07, 6.45) is 6.82. The van der Waals surface area contributed by atoms with E-state index in [0.717, 1.165) is 30.8 Å². The topological polar surface area (TPSA) is 75.6 Å². The quantitative estimate of drug-likeness (QED) is 0.447. The van der Waals surface area contributed by atoms with Gasteiger partial charge in [0.05, 0.1) is 6.10 Å². The molecule has 116 valence electrons. The first kappa shape index (κ1) is 19.1. The van der Waals surface area contributed by atoms with Gasteiger partial charge in [-0.25, -0.2) is 0 Å². The SMILES string of the molecule is COC(CCO)CCCSCC/C=C\C(=O)NC(C)=O. The lowest BCUT2D eigenvalue weighted by Gasteiger charge is -2.13. The summed E-state index contributed by atoms with van der Waals surface area (Å²) in [5.74, 6) is 1.28. The first-order chi connectivity index (χ1) is 9.60. The van der Waals surface area contributed by atoms with Crippen molar-refractivity contribution in [3.63, 3.8) is 0 Å². The first-order valence-corrected chi connectivity index (χ1v) is 7.95. The van der Waals surface area contributed by atoms with E-state index in [2.05, 4.69) is 5.32 Å². The van der Waals surface area contributed by atoms with E-state index in [9.17, 15) is 9.59 Å². The molecular formula is C14H25NO4S. The second-order valence-electron chi connectivity index (χ2n) is 4.36.